The summed E-state index contributed by atoms with van der Waals surface area (Å²) < 4.78 is 54.4. The lowest BCUT2D eigenvalue weighted by molar-refractivity contribution is -0.140. The summed E-state index contributed by atoms with van der Waals surface area (Å²) in [7, 11) is 2.56. The molecule has 6 nitrogen and oxygen atoms in total. The Labute approximate surface area is 151 Å². The topological polar surface area (TPSA) is 74.5 Å². The smallest absolute Gasteiger partial charge is 0.433 e. The Balaban J connectivity index is 2.24. The van der Waals surface area contributed by atoms with Crippen molar-refractivity contribution in [3.05, 3.63) is 41.4 Å². The minimum Gasteiger partial charge on any atom is -0.494 e. The van der Waals surface area contributed by atoms with Crippen molar-refractivity contribution in [3.8, 4) is 17.2 Å². The first-order chi connectivity index (χ1) is 12.8. The number of carbonyl (C=O) groups is 1. The van der Waals surface area contributed by atoms with Gasteiger partial charge in [-0.05, 0) is 30.7 Å². The fraction of sp³-hybridized carbons (Fsp3) is 0.278. The minimum absolute atomic E-state index is 0.0145. The van der Waals surface area contributed by atoms with Crippen LogP contribution in [0.25, 0.3) is 22.4 Å². The molecule has 0 spiro atoms. The largest absolute Gasteiger partial charge is 0.494 e. The van der Waals surface area contributed by atoms with Gasteiger partial charge in [0.2, 0.25) is 11.7 Å². The number of pyridine rings is 1. The lowest BCUT2D eigenvalue weighted by atomic mass is 10.1. The zero-order valence-electron chi connectivity index (χ0n) is 14.7. The summed E-state index contributed by atoms with van der Waals surface area (Å²) in [4.78, 5) is 19.8. The molecule has 27 heavy (non-hydrogen) atoms. The number of oxazole rings is 1. The third-order valence-electron chi connectivity index (χ3n) is 3.96. The number of halogens is 3. The fourth-order valence-corrected chi connectivity index (χ4v) is 2.66. The van der Waals surface area contributed by atoms with Crippen LogP contribution in [0, 0.1) is 0 Å². The Morgan fingerprint density at radius 2 is 1.89 bits per heavy atom. The van der Waals surface area contributed by atoms with Crippen LogP contribution in [0.3, 0.4) is 0 Å². The second-order valence-electron chi connectivity index (χ2n) is 5.55. The number of alkyl halides is 3. The molecule has 0 aliphatic carbocycles. The molecule has 0 radical (unpaired) electrons. The molecule has 0 N–H and O–H groups in total. The first-order valence-corrected chi connectivity index (χ1v) is 7.93. The Hall–Kier alpha value is -3.10. The summed E-state index contributed by atoms with van der Waals surface area (Å²) >= 11 is 0. The average molecular weight is 380 g/mol. The van der Waals surface area contributed by atoms with Crippen LogP contribution in [0.15, 0.2) is 28.7 Å². The van der Waals surface area contributed by atoms with E-state index in [9.17, 15) is 18.0 Å². The third-order valence-corrected chi connectivity index (χ3v) is 3.96. The molecular formula is C18H15F3N2O4. The SMILES string of the molecule is CCc1nc(-c2ccc(OC)c3nc(C(F)(F)F)ccc23)oc1C(=O)OC. The van der Waals surface area contributed by atoms with Crippen molar-refractivity contribution >= 4 is 16.9 Å². The highest BCUT2D eigenvalue weighted by atomic mass is 19.4. The van der Waals surface area contributed by atoms with E-state index in [4.69, 9.17) is 9.15 Å². The molecular weight excluding hydrogens is 365 g/mol. The summed E-state index contributed by atoms with van der Waals surface area (Å²) in [6.07, 6.45) is -4.18. The van der Waals surface area contributed by atoms with Gasteiger partial charge in [-0.1, -0.05) is 6.92 Å². The molecule has 2 heterocycles. The summed E-state index contributed by atoms with van der Waals surface area (Å²) in [6, 6.07) is 5.20. The molecule has 0 fully saturated rings. The predicted octanol–water partition coefficient (Wildman–Crippen LogP) is 4.27. The number of rotatable bonds is 4. The molecule has 3 aromatic rings. The van der Waals surface area contributed by atoms with Crippen molar-refractivity contribution in [2.24, 2.45) is 0 Å². The number of ether oxygens (including phenoxy) is 2. The molecule has 0 saturated heterocycles. The molecule has 0 bridgehead atoms. The summed E-state index contributed by atoms with van der Waals surface area (Å²) in [5, 5.41) is 0.350. The predicted molar refractivity (Wildman–Crippen MR) is 89.5 cm³/mol. The van der Waals surface area contributed by atoms with Gasteiger partial charge >= 0.3 is 12.1 Å². The standard InChI is InChI=1S/C18H15F3N2O4/c1-4-11-15(17(24)26-3)27-16(22-11)10-5-7-12(25-2)14-9(10)6-8-13(23-14)18(19,20)21/h5-8H,4H2,1-3H3. The Morgan fingerprint density at radius 1 is 1.15 bits per heavy atom. The molecule has 0 aliphatic rings. The quantitative estimate of drug-likeness (QED) is 0.630. The number of hydrogen-bond acceptors (Lipinski definition) is 6. The lowest BCUT2D eigenvalue weighted by Crippen LogP contribution is -2.08. The van der Waals surface area contributed by atoms with Crippen LogP contribution >= 0.6 is 0 Å². The monoisotopic (exact) mass is 380 g/mol. The van der Waals surface area contributed by atoms with Gasteiger partial charge in [0.25, 0.3) is 0 Å². The Morgan fingerprint density at radius 3 is 2.48 bits per heavy atom. The molecule has 0 amide bonds. The number of methoxy groups -OCH3 is 2. The Bertz CT molecular complexity index is 1010. The van der Waals surface area contributed by atoms with Crippen LogP contribution in [-0.4, -0.2) is 30.2 Å². The highest BCUT2D eigenvalue weighted by Gasteiger charge is 2.33. The lowest BCUT2D eigenvalue weighted by Gasteiger charge is -2.11. The van der Waals surface area contributed by atoms with Crippen LogP contribution in [0.5, 0.6) is 5.75 Å². The van der Waals surface area contributed by atoms with E-state index in [2.05, 4.69) is 14.7 Å². The van der Waals surface area contributed by atoms with Crippen molar-refractivity contribution in [3.63, 3.8) is 0 Å². The first kappa shape index (κ1) is 18.7. The minimum atomic E-state index is -4.59. The van der Waals surface area contributed by atoms with E-state index >= 15 is 0 Å². The average Bonchev–Trinajstić information content (AvgIpc) is 3.09. The highest BCUT2D eigenvalue weighted by molar-refractivity contribution is 5.97. The highest BCUT2D eigenvalue weighted by Crippen LogP contribution is 2.37. The van der Waals surface area contributed by atoms with Gasteiger partial charge in [0.1, 0.15) is 17.0 Å². The molecule has 0 saturated carbocycles. The van der Waals surface area contributed by atoms with Crippen molar-refractivity contribution < 1.29 is 31.9 Å². The maximum absolute atomic E-state index is 13.0. The van der Waals surface area contributed by atoms with Crippen molar-refractivity contribution in [1.29, 1.82) is 0 Å². The molecule has 2 aromatic heterocycles. The summed E-state index contributed by atoms with van der Waals surface area (Å²) in [5.41, 5.74) is -0.249. The molecule has 0 unspecified atom stereocenters. The fourth-order valence-electron chi connectivity index (χ4n) is 2.66. The van der Waals surface area contributed by atoms with Crippen molar-refractivity contribution in [1.82, 2.24) is 9.97 Å². The van der Waals surface area contributed by atoms with Gasteiger partial charge in [-0.2, -0.15) is 13.2 Å². The van der Waals surface area contributed by atoms with Crippen LogP contribution in [0.1, 0.15) is 28.9 Å². The zero-order valence-corrected chi connectivity index (χ0v) is 14.7. The maximum Gasteiger partial charge on any atom is 0.433 e. The zero-order chi connectivity index (χ0) is 19.8. The van der Waals surface area contributed by atoms with E-state index in [-0.39, 0.29) is 22.9 Å². The van der Waals surface area contributed by atoms with Gasteiger partial charge in [-0.25, -0.2) is 14.8 Å². The Kier molecular flexibility index (Phi) is 4.77. The number of fused-ring (bicyclic) bond motifs is 1. The molecule has 3 rings (SSSR count). The van der Waals surface area contributed by atoms with E-state index in [1.807, 2.05) is 0 Å². The third kappa shape index (κ3) is 3.32. The second kappa shape index (κ2) is 6.90. The van der Waals surface area contributed by atoms with Gasteiger partial charge in [-0.15, -0.1) is 0 Å². The normalized spacial score (nSPS) is 11.6. The first-order valence-electron chi connectivity index (χ1n) is 7.93. The van der Waals surface area contributed by atoms with Crippen LogP contribution in [0.2, 0.25) is 0 Å². The van der Waals surface area contributed by atoms with Gasteiger partial charge in [0, 0.05) is 10.9 Å². The van der Waals surface area contributed by atoms with E-state index in [1.54, 1.807) is 13.0 Å². The van der Waals surface area contributed by atoms with E-state index < -0.39 is 17.8 Å². The van der Waals surface area contributed by atoms with Crippen LogP contribution in [-0.2, 0) is 17.3 Å². The van der Waals surface area contributed by atoms with Gasteiger partial charge < -0.3 is 13.9 Å². The van der Waals surface area contributed by atoms with Crippen LogP contribution < -0.4 is 4.74 Å². The number of aryl methyl sites for hydroxylation is 1. The number of carbonyl (C=O) groups excluding carboxylic acids is 1. The number of benzene rings is 1. The van der Waals surface area contributed by atoms with Gasteiger partial charge in [0.15, 0.2) is 0 Å². The number of esters is 1. The molecule has 142 valence electrons. The van der Waals surface area contributed by atoms with E-state index in [0.29, 0.717) is 23.1 Å². The maximum atomic E-state index is 13.0. The molecule has 1 aromatic carbocycles. The molecule has 9 heteroatoms. The van der Waals surface area contributed by atoms with Gasteiger partial charge in [-0.3, -0.25) is 0 Å². The number of hydrogen-bond donors (Lipinski definition) is 0. The van der Waals surface area contributed by atoms with Crippen molar-refractivity contribution in [2.75, 3.05) is 14.2 Å². The number of aromatic nitrogens is 2. The summed E-state index contributed by atoms with van der Waals surface area (Å²) in [6.45, 7) is 1.79. The van der Waals surface area contributed by atoms with Gasteiger partial charge in [0.05, 0.1) is 19.9 Å². The van der Waals surface area contributed by atoms with E-state index in [1.165, 1.54) is 26.4 Å². The second-order valence-corrected chi connectivity index (χ2v) is 5.55. The van der Waals surface area contributed by atoms with Crippen molar-refractivity contribution in [2.45, 2.75) is 19.5 Å². The molecule has 0 atom stereocenters. The number of nitrogens with zero attached hydrogens (tertiary/aromatic N) is 2. The summed E-state index contributed by atoms with van der Waals surface area (Å²) in [5.74, 6) is -0.462. The molecule has 0 aliphatic heterocycles. The van der Waals surface area contributed by atoms with Crippen LogP contribution in [0.4, 0.5) is 13.2 Å². The van der Waals surface area contributed by atoms with E-state index in [0.717, 1.165) is 6.07 Å².